The molecule has 0 saturated heterocycles. The average Bonchev–Trinajstić information content (AvgIpc) is 2.68. The van der Waals surface area contributed by atoms with E-state index in [1.807, 2.05) is 13.8 Å². The Morgan fingerprint density at radius 3 is 2.33 bits per heavy atom. The molecule has 7 heteroatoms. The lowest BCUT2D eigenvalue weighted by Crippen LogP contribution is -2.34. The van der Waals surface area contributed by atoms with Gasteiger partial charge in [0.05, 0.1) is 5.69 Å². The largest absolute Gasteiger partial charge is 0.406 e. The van der Waals surface area contributed by atoms with Gasteiger partial charge in [0.25, 0.3) is 0 Å². The summed E-state index contributed by atoms with van der Waals surface area (Å²) in [7, 11) is 0. The topological polar surface area (TPSA) is 42.2 Å². The van der Waals surface area contributed by atoms with E-state index in [0.29, 0.717) is 11.7 Å². The van der Waals surface area contributed by atoms with Gasteiger partial charge < -0.3 is 10.6 Å². The smallest absolute Gasteiger partial charge is 0.339 e. The Hall–Kier alpha value is -0.820. The van der Waals surface area contributed by atoms with Gasteiger partial charge >= 0.3 is 6.18 Å². The number of rotatable bonds is 5. The van der Waals surface area contributed by atoms with Crippen LogP contribution < -0.4 is 10.6 Å². The fourth-order valence-corrected chi connectivity index (χ4v) is 2.77. The quantitative estimate of drug-likeness (QED) is 0.901. The van der Waals surface area contributed by atoms with E-state index < -0.39 is 12.7 Å². The van der Waals surface area contributed by atoms with E-state index in [9.17, 15) is 13.2 Å². The third-order valence-electron chi connectivity index (χ3n) is 2.47. The molecule has 3 nitrogen and oxygen atoms in total. The molecule has 0 aliphatic rings. The monoisotopic (exact) mass is 281 g/mol. The summed E-state index contributed by atoms with van der Waals surface area (Å²) in [5.41, 5.74) is 6.40. The van der Waals surface area contributed by atoms with E-state index in [1.165, 1.54) is 16.2 Å². The Bertz CT molecular complexity index is 387. The van der Waals surface area contributed by atoms with Crippen molar-refractivity contribution in [2.24, 2.45) is 5.73 Å². The molecule has 0 atom stereocenters. The highest BCUT2D eigenvalue weighted by Gasteiger charge is 2.31. The van der Waals surface area contributed by atoms with Crippen molar-refractivity contribution < 1.29 is 13.2 Å². The Kier molecular flexibility index (Phi) is 4.98. The molecule has 1 aromatic rings. The van der Waals surface area contributed by atoms with Crippen LogP contribution in [0.25, 0.3) is 0 Å². The molecule has 0 aliphatic carbocycles. The Morgan fingerprint density at radius 2 is 2.00 bits per heavy atom. The molecule has 18 heavy (non-hydrogen) atoms. The number of nitrogens with two attached hydrogens (primary N) is 1. The van der Waals surface area contributed by atoms with E-state index in [-0.39, 0.29) is 12.5 Å². The van der Waals surface area contributed by atoms with Crippen LogP contribution in [-0.2, 0) is 6.54 Å². The lowest BCUT2D eigenvalue weighted by atomic mass is 10.1. The van der Waals surface area contributed by atoms with Gasteiger partial charge in [0.2, 0.25) is 0 Å². The van der Waals surface area contributed by atoms with Crippen molar-refractivity contribution in [2.75, 3.05) is 18.0 Å². The summed E-state index contributed by atoms with van der Waals surface area (Å²) in [4.78, 5) is 6.39. The molecule has 1 heterocycles. The first-order valence-corrected chi connectivity index (χ1v) is 6.61. The number of hydrogen-bond donors (Lipinski definition) is 1. The SMILES string of the molecule is CCN(CC(F)(F)F)c1nc(C(C)C)c(CN)s1. The molecule has 0 aromatic carbocycles. The van der Waals surface area contributed by atoms with Crippen LogP contribution in [0.1, 0.15) is 37.3 Å². The first kappa shape index (κ1) is 15.2. The second-order valence-electron chi connectivity index (χ2n) is 4.29. The third-order valence-corrected chi connectivity index (χ3v) is 3.63. The van der Waals surface area contributed by atoms with Crippen LogP contribution in [0.4, 0.5) is 18.3 Å². The van der Waals surface area contributed by atoms with Crippen molar-refractivity contribution in [3.63, 3.8) is 0 Å². The first-order valence-electron chi connectivity index (χ1n) is 5.79. The number of aromatic nitrogens is 1. The molecule has 0 bridgehead atoms. The van der Waals surface area contributed by atoms with Crippen molar-refractivity contribution in [3.05, 3.63) is 10.6 Å². The lowest BCUT2D eigenvalue weighted by molar-refractivity contribution is -0.119. The lowest BCUT2D eigenvalue weighted by Gasteiger charge is -2.21. The minimum atomic E-state index is -4.22. The summed E-state index contributed by atoms with van der Waals surface area (Å²) in [6, 6.07) is 0. The van der Waals surface area contributed by atoms with Crippen molar-refractivity contribution in [3.8, 4) is 0 Å². The zero-order chi connectivity index (χ0) is 13.9. The number of halogens is 3. The van der Waals surface area contributed by atoms with Crippen molar-refractivity contribution in [2.45, 2.75) is 39.4 Å². The molecular formula is C11H18F3N3S. The highest BCUT2D eigenvalue weighted by atomic mass is 32.1. The van der Waals surface area contributed by atoms with Crippen molar-refractivity contribution >= 4 is 16.5 Å². The predicted octanol–water partition coefficient (Wildman–Crippen LogP) is 3.11. The van der Waals surface area contributed by atoms with Gasteiger partial charge in [-0.2, -0.15) is 13.2 Å². The number of anilines is 1. The van der Waals surface area contributed by atoms with Crippen LogP contribution in [0.5, 0.6) is 0 Å². The predicted molar refractivity (Wildman–Crippen MR) is 68.0 cm³/mol. The summed E-state index contributed by atoms with van der Waals surface area (Å²) in [6.45, 7) is 5.21. The molecule has 0 aliphatic heterocycles. The maximum Gasteiger partial charge on any atom is 0.406 e. The van der Waals surface area contributed by atoms with Crippen LogP contribution >= 0.6 is 11.3 Å². The number of thiazole rings is 1. The normalized spacial score (nSPS) is 12.2. The summed E-state index contributed by atoms with van der Waals surface area (Å²) in [5.74, 6) is 0.165. The van der Waals surface area contributed by atoms with Gasteiger partial charge in [0.15, 0.2) is 5.13 Å². The second-order valence-corrected chi connectivity index (χ2v) is 5.36. The van der Waals surface area contributed by atoms with Gasteiger partial charge in [-0.15, -0.1) is 11.3 Å². The van der Waals surface area contributed by atoms with Crippen LogP contribution in [0.15, 0.2) is 0 Å². The fourth-order valence-electron chi connectivity index (χ4n) is 1.61. The van der Waals surface area contributed by atoms with E-state index in [4.69, 9.17) is 5.73 Å². The number of hydrogen-bond acceptors (Lipinski definition) is 4. The van der Waals surface area contributed by atoms with Crippen LogP contribution in [0.2, 0.25) is 0 Å². The number of alkyl halides is 3. The van der Waals surface area contributed by atoms with Gasteiger partial charge in [0, 0.05) is 18.0 Å². The zero-order valence-electron chi connectivity index (χ0n) is 10.7. The Morgan fingerprint density at radius 1 is 1.39 bits per heavy atom. The number of nitrogens with zero attached hydrogens (tertiary/aromatic N) is 2. The summed E-state index contributed by atoms with van der Waals surface area (Å²) >= 11 is 1.25. The molecule has 0 amide bonds. The fraction of sp³-hybridized carbons (Fsp3) is 0.727. The average molecular weight is 281 g/mol. The molecule has 0 radical (unpaired) electrons. The molecule has 0 fully saturated rings. The van der Waals surface area contributed by atoms with Crippen molar-refractivity contribution in [1.82, 2.24) is 4.98 Å². The minimum absolute atomic E-state index is 0.165. The molecular weight excluding hydrogens is 263 g/mol. The van der Waals surface area contributed by atoms with E-state index in [2.05, 4.69) is 4.98 Å². The van der Waals surface area contributed by atoms with Crippen LogP contribution in [0, 0.1) is 0 Å². The molecule has 0 spiro atoms. The van der Waals surface area contributed by atoms with Gasteiger partial charge in [0.1, 0.15) is 6.54 Å². The Labute approximate surface area is 109 Å². The van der Waals surface area contributed by atoms with Gasteiger partial charge in [-0.05, 0) is 12.8 Å². The molecule has 104 valence electrons. The summed E-state index contributed by atoms with van der Waals surface area (Å²) in [5, 5.41) is 0.402. The van der Waals surface area contributed by atoms with Gasteiger partial charge in [-0.25, -0.2) is 4.98 Å². The zero-order valence-corrected chi connectivity index (χ0v) is 11.5. The molecule has 1 aromatic heterocycles. The van der Waals surface area contributed by atoms with Gasteiger partial charge in [-0.3, -0.25) is 0 Å². The molecule has 2 N–H and O–H groups in total. The van der Waals surface area contributed by atoms with E-state index in [1.54, 1.807) is 6.92 Å². The second kappa shape index (κ2) is 5.88. The highest BCUT2D eigenvalue weighted by Crippen LogP contribution is 2.31. The molecule has 1 rings (SSSR count). The van der Waals surface area contributed by atoms with E-state index >= 15 is 0 Å². The molecule has 0 saturated carbocycles. The summed E-state index contributed by atoms with van der Waals surface area (Å²) in [6.07, 6.45) is -4.22. The van der Waals surface area contributed by atoms with Crippen LogP contribution in [0.3, 0.4) is 0 Å². The Balaban J connectivity index is 3.00. The maximum absolute atomic E-state index is 12.4. The highest BCUT2D eigenvalue weighted by molar-refractivity contribution is 7.15. The van der Waals surface area contributed by atoms with Crippen LogP contribution in [-0.4, -0.2) is 24.2 Å². The third kappa shape index (κ3) is 3.84. The van der Waals surface area contributed by atoms with E-state index in [0.717, 1.165) is 10.6 Å². The molecule has 0 unspecified atom stereocenters. The van der Waals surface area contributed by atoms with Gasteiger partial charge in [-0.1, -0.05) is 13.8 Å². The maximum atomic E-state index is 12.4. The first-order chi connectivity index (χ1) is 8.28. The standard InChI is InChI=1S/C11H18F3N3S/c1-4-17(6-11(12,13)14)10-16-9(7(2)3)8(5-15)18-10/h7H,4-6,15H2,1-3H3. The minimum Gasteiger partial charge on any atom is -0.339 e. The summed E-state index contributed by atoms with van der Waals surface area (Å²) < 4.78 is 37.3. The van der Waals surface area contributed by atoms with Crippen molar-refractivity contribution in [1.29, 1.82) is 0 Å².